The van der Waals surface area contributed by atoms with Gasteiger partial charge in [0.2, 0.25) is 0 Å². The Bertz CT molecular complexity index is 565. The van der Waals surface area contributed by atoms with Crippen molar-refractivity contribution in [2.24, 2.45) is 0 Å². The predicted octanol–water partition coefficient (Wildman–Crippen LogP) is 5.30. The molecule has 19 heavy (non-hydrogen) atoms. The summed E-state index contributed by atoms with van der Waals surface area (Å²) < 4.78 is 6.97. The number of fused-ring (bicyclic) bond motifs is 1. The van der Waals surface area contributed by atoms with Gasteiger partial charge in [0.05, 0.1) is 11.6 Å². The summed E-state index contributed by atoms with van der Waals surface area (Å²) in [6, 6.07) is 3.98. The highest BCUT2D eigenvalue weighted by atomic mass is 79.9. The third-order valence-corrected chi connectivity index (χ3v) is 3.85. The van der Waals surface area contributed by atoms with Crippen molar-refractivity contribution in [2.75, 3.05) is 6.54 Å². The van der Waals surface area contributed by atoms with Crippen LogP contribution in [0.25, 0.3) is 11.0 Å². The Hall–Kier alpha value is -0.510. The molecule has 0 atom stereocenters. The minimum atomic E-state index is 0.670. The number of rotatable bonds is 6. The smallest absolute Gasteiger partial charge is 0.153 e. The second-order valence-electron chi connectivity index (χ2n) is 4.69. The van der Waals surface area contributed by atoms with Gasteiger partial charge in [0.25, 0.3) is 0 Å². The Labute approximate surface area is 127 Å². The fourth-order valence-corrected chi connectivity index (χ4v) is 3.12. The normalized spacial score (nSPS) is 11.4. The van der Waals surface area contributed by atoms with E-state index in [1.165, 1.54) is 5.56 Å². The molecule has 1 aromatic heterocycles. The van der Waals surface area contributed by atoms with Crippen LogP contribution in [-0.2, 0) is 13.0 Å². The topological polar surface area (TPSA) is 25.2 Å². The number of halogens is 2. The molecule has 0 aliphatic carbocycles. The molecule has 1 N–H and O–H groups in total. The van der Waals surface area contributed by atoms with E-state index < -0.39 is 0 Å². The quantitative estimate of drug-likeness (QED) is 0.719. The van der Waals surface area contributed by atoms with Crippen molar-refractivity contribution in [2.45, 2.75) is 39.7 Å². The standard InChI is InChI=1S/C15H19BrClNO/c1-3-5-11-12-7-10(16)8-13(17)15(12)19-14(11)9-18-6-4-2/h7-8,18H,3-6,9H2,1-2H3. The summed E-state index contributed by atoms with van der Waals surface area (Å²) >= 11 is 9.76. The number of furan rings is 1. The molecule has 1 aromatic carbocycles. The van der Waals surface area contributed by atoms with Gasteiger partial charge in [-0.2, -0.15) is 0 Å². The van der Waals surface area contributed by atoms with Crippen LogP contribution in [0.1, 0.15) is 38.0 Å². The average Bonchev–Trinajstić information content (AvgIpc) is 2.70. The Balaban J connectivity index is 2.44. The molecule has 0 radical (unpaired) electrons. The molecule has 0 aliphatic rings. The zero-order valence-corrected chi connectivity index (χ0v) is 13.7. The highest BCUT2D eigenvalue weighted by Gasteiger charge is 2.16. The molecule has 2 nitrogen and oxygen atoms in total. The highest BCUT2D eigenvalue weighted by Crippen LogP contribution is 2.35. The van der Waals surface area contributed by atoms with Crippen molar-refractivity contribution in [3.05, 3.63) is 33.0 Å². The van der Waals surface area contributed by atoms with Gasteiger partial charge in [-0.25, -0.2) is 0 Å². The van der Waals surface area contributed by atoms with Crippen LogP contribution < -0.4 is 5.32 Å². The predicted molar refractivity (Wildman–Crippen MR) is 84.9 cm³/mol. The molecule has 104 valence electrons. The molecule has 1 heterocycles. The van der Waals surface area contributed by atoms with E-state index in [1.807, 2.05) is 6.07 Å². The van der Waals surface area contributed by atoms with Crippen LogP contribution in [0.2, 0.25) is 5.02 Å². The van der Waals surface area contributed by atoms with Crippen LogP contribution in [0.4, 0.5) is 0 Å². The fourth-order valence-electron chi connectivity index (χ4n) is 2.27. The molecule has 2 aromatic rings. The van der Waals surface area contributed by atoms with Gasteiger partial charge in [-0.15, -0.1) is 0 Å². The summed E-state index contributed by atoms with van der Waals surface area (Å²) in [5.41, 5.74) is 2.09. The number of aryl methyl sites for hydroxylation is 1. The van der Waals surface area contributed by atoms with Gasteiger partial charge in [0, 0.05) is 15.4 Å². The average molecular weight is 345 g/mol. The van der Waals surface area contributed by atoms with Crippen molar-refractivity contribution >= 4 is 38.5 Å². The molecule has 0 amide bonds. The monoisotopic (exact) mass is 343 g/mol. The van der Waals surface area contributed by atoms with E-state index in [4.69, 9.17) is 16.0 Å². The number of nitrogens with one attached hydrogen (secondary N) is 1. The molecule has 4 heteroatoms. The first-order chi connectivity index (χ1) is 9.17. The third-order valence-electron chi connectivity index (χ3n) is 3.11. The maximum atomic E-state index is 6.26. The summed E-state index contributed by atoms with van der Waals surface area (Å²) in [6.45, 7) is 6.11. The van der Waals surface area contributed by atoms with Gasteiger partial charge >= 0.3 is 0 Å². The lowest BCUT2D eigenvalue weighted by atomic mass is 10.1. The van der Waals surface area contributed by atoms with Gasteiger partial charge in [0.1, 0.15) is 5.76 Å². The van der Waals surface area contributed by atoms with Crippen molar-refractivity contribution in [3.8, 4) is 0 Å². The van der Waals surface area contributed by atoms with E-state index >= 15 is 0 Å². The first kappa shape index (κ1) is 14.9. The SMILES string of the molecule is CCCNCc1oc2c(Cl)cc(Br)cc2c1CCC. The van der Waals surface area contributed by atoms with E-state index in [1.54, 1.807) is 0 Å². The first-order valence-electron chi connectivity index (χ1n) is 6.77. The minimum Gasteiger partial charge on any atom is -0.458 e. The Kier molecular flexibility index (Phi) is 5.31. The van der Waals surface area contributed by atoms with Gasteiger partial charge < -0.3 is 9.73 Å². The summed E-state index contributed by atoms with van der Waals surface area (Å²) in [7, 11) is 0. The Morgan fingerprint density at radius 1 is 1.26 bits per heavy atom. The van der Waals surface area contributed by atoms with Crippen molar-refractivity contribution in [1.29, 1.82) is 0 Å². The van der Waals surface area contributed by atoms with E-state index in [9.17, 15) is 0 Å². The van der Waals surface area contributed by atoms with Gasteiger partial charge in [-0.1, -0.05) is 47.8 Å². The molecule has 0 spiro atoms. The summed E-state index contributed by atoms with van der Waals surface area (Å²) in [4.78, 5) is 0. The van der Waals surface area contributed by atoms with Crippen molar-refractivity contribution in [3.63, 3.8) is 0 Å². The van der Waals surface area contributed by atoms with Gasteiger partial charge in [0.15, 0.2) is 5.58 Å². The van der Waals surface area contributed by atoms with Crippen molar-refractivity contribution in [1.82, 2.24) is 5.32 Å². The Morgan fingerprint density at radius 2 is 2.05 bits per heavy atom. The van der Waals surface area contributed by atoms with Crippen LogP contribution >= 0.6 is 27.5 Å². The number of hydrogen-bond donors (Lipinski definition) is 1. The van der Waals surface area contributed by atoms with Crippen LogP contribution in [0.3, 0.4) is 0 Å². The third kappa shape index (κ3) is 3.33. The van der Waals surface area contributed by atoms with E-state index in [-0.39, 0.29) is 0 Å². The molecular weight excluding hydrogens is 326 g/mol. The Morgan fingerprint density at radius 3 is 2.74 bits per heavy atom. The lowest BCUT2D eigenvalue weighted by Gasteiger charge is -2.03. The fraction of sp³-hybridized carbons (Fsp3) is 0.467. The second kappa shape index (κ2) is 6.78. The van der Waals surface area contributed by atoms with E-state index in [0.717, 1.165) is 53.6 Å². The zero-order valence-electron chi connectivity index (χ0n) is 11.4. The molecule has 0 fully saturated rings. The molecule has 0 saturated carbocycles. The van der Waals surface area contributed by atoms with Gasteiger partial charge in [-0.05, 0) is 31.5 Å². The molecule has 0 unspecified atom stereocenters. The lowest BCUT2D eigenvalue weighted by Crippen LogP contribution is -2.14. The van der Waals surface area contributed by atoms with Crippen LogP contribution in [0.15, 0.2) is 21.0 Å². The number of hydrogen-bond acceptors (Lipinski definition) is 2. The highest BCUT2D eigenvalue weighted by molar-refractivity contribution is 9.10. The summed E-state index contributed by atoms with van der Waals surface area (Å²) in [5.74, 6) is 1.02. The summed E-state index contributed by atoms with van der Waals surface area (Å²) in [5, 5.41) is 5.20. The second-order valence-corrected chi connectivity index (χ2v) is 6.02. The zero-order chi connectivity index (χ0) is 13.8. The number of benzene rings is 1. The first-order valence-corrected chi connectivity index (χ1v) is 7.94. The van der Waals surface area contributed by atoms with Crippen LogP contribution in [-0.4, -0.2) is 6.54 Å². The molecular formula is C15H19BrClNO. The van der Waals surface area contributed by atoms with Crippen LogP contribution in [0.5, 0.6) is 0 Å². The lowest BCUT2D eigenvalue weighted by molar-refractivity contribution is 0.507. The minimum absolute atomic E-state index is 0.670. The summed E-state index contributed by atoms with van der Waals surface area (Å²) in [6.07, 6.45) is 3.23. The maximum Gasteiger partial charge on any atom is 0.153 e. The molecule has 0 bridgehead atoms. The maximum absolute atomic E-state index is 6.26. The molecule has 0 saturated heterocycles. The van der Waals surface area contributed by atoms with Crippen molar-refractivity contribution < 1.29 is 4.42 Å². The van der Waals surface area contributed by atoms with Gasteiger partial charge in [-0.3, -0.25) is 0 Å². The molecule has 2 rings (SSSR count). The van der Waals surface area contributed by atoms with E-state index in [2.05, 4.69) is 41.2 Å². The molecule has 0 aliphatic heterocycles. The van der Waals surface area contributed by atoms with E-state index in [0.29, 0.717) is 5.02 Å². The van der Waals surface area contributed by atoms with Crippen LogP contribution in [0, 0.1) is 0 Å². The largest absolute Gasteiger partial charge is 0.458 e.